The Hall–Kier alpha value is -3.14. The number of allylic oxidation sites excluding steroid dienone is 2. The van der Waals surface area contributed by atoms with Gasteiger partial charge in [0.05, 0.1) is 18.4 Å². The average Bonchev–Trinajstić information content (AvgIpc) is 2.99. The first kappa shape index (κ1) is 17.3. The summed E-state index contributed by atoms with van der Waals surface area (Å²) in [5.41, 5.74) is 6.30. The number of hydrogen-bond acceptors (Lipinski definition) is 4. The molecule has 1 atom stereocenters. The van der Waals surface area contributed by atoms with Gasteiger partial charge in [0.2, 0.25) is 0 Å². The molecule has 2 aliphatic rings. The van der Waals surface area contributed by atoms with Crippen LogP contribution in [0.5, 0.6) is 0 Å². The van der Waals surface area contributed by atoms with E-state index in [9.17, 15) is 9.59 Å². The lowest BCUT2D eigenvalue weighted by molar-refractivity contribution is -0.136. The molecule has 0 fully saturated rings. The van der Waals surface area contributed by atoms with Crippen LogP contribution in [0.2, 0.25) is 0 Å². The van der Waals surface area contributed by atoms with Gasteiger partial charge in [-0.1, -0.05) is 55.5 Å². The van der Waals surface area contributed by atoms with Gasteiger partial charge >= 0.3 is 5.97 Å². The minimum absolute atomic E-state index is 0.0356. The Morgan fingerprint density at radius 1 is 1.07 bits per heavy atom. The molecule has 1 aliphatic heterocycles. The number of nitrogens with one attached hydrogen (secondary N) is 1. The number of esters is 1. The SMILES string of the molecule is CCc1ccc([C@@H]2C(C(=O)OC)=C(C)NC3=C2C(=O)c2ccccc23)cc1. The van der Waals surface area contributed by atoms with Crippen molar-refractivity contribution >= 4 is 17.4 Å². The standard InChI is InChI=1S/C23H21NO3/c1-4-14-9-11-15(12-10-14)19-18(23(26)27-3)13(2)24-21-16-7-5-6-8-17(16)22(25)20(19)21/h5-12,19,24H,4H2,1-3H3/t19-/m1/s1. The number of carbonyl (C=O) groups is 2. The van der Waals surface area contributed by atoms with E-state index in [1.54, 1.807) is 0 Å². The van der Waals surface area contributed by atoms with Crippen LogP contribution in [0.15, 0.2) is 65.4 Å². The Balaban J connectivity index is 1.92. The monoisotopic (exact) mass is 359 g/mol. The molecule has 0 saturated carbocycles. The Labute approximate surface area is 158 Å². The van der Waals surface area contributed by atoms with Gasteiger partial charge in [-0.05, 0) is 24.5 Å². The van der Waals surface area contributed by atoms with E-state index < -0.39 is 11.9 Å². The molecule has 4 nitrogen and oxygen atoms in total. The number of Topliss-reactive ketones (excluding diaryl/α,β-unsaturated/α-hetero) is 1. The molecule has 0 bridgehead atoms. The molecule has 0 spiro atoms. The van der Waals surface area contributed by atoms with Crippen LogP contribution in [0.1, 0.15) is 46.8 Å². The van der Waals surface area contributed by atoms with E-state index >= 15 is 0 Å². The van der Waals surface area contributed by atoms with E-state index in [0.717, 1.165) is 28.9 Å². The Morgan fingerprint density at radius 2 is 1.74 bits per heavy atom. The number of ether oxygens (including phenoxy) is 1. The van der Waals surface area contributed by atoms with Crippen LogP contribution >= 0.6 is 0 Å². The Kier molecular flexibility index (Phi) is 4.19. The predicted molar refractivity (Wildman–Crippen MR) is 104 cm³/mol. The second-order valence-corrected chi connectivity index (χ2v) is 6.85. The Bertz CT molecular complexity index is 1010. The first-order valence-corrected chi connectivity index (χ1v) is 9.10. The quantitative estimate of drug-likeness (QED) is 0.842. The van der Waals surface area contributed by atoms with E-state index in [1.807, 2.05) is 43.3 Å². The average molecular weight is 359 g/mol. The molecule has 2 aromatic carbocycles. The van der Waals surface area contributed by atoms with Gasteiger partial charge in [0.1, 0.15) is 0 Å². The molecule has 0 radical (unpaired) electrons. The molecular formula is C23H21NO3. The van der Waals surface area contributed by atoms with Crippen molar-refractivity contribution in [2.75, 3.05) is 7.11 Å². The van der Waals surface area contributed by atoms with Gasteiger partial charge < -0.3 is 10.1 Å². The minimum Gasteiger partial charge on any atom is -0.466 e. The zero-order chi connectivity index (χ0) is 19.1. The first-order chi connectivity index (χ1) is 13.1. The maximum Gasteiger partial charge on any atom is 0.336 e. The lowest BCUT2D eigenvalue weighted by Crippen LogP contribution is -2.29. The van der Waals surface area contributed by atoms with E-state index in [1.165, 1.54) is 12.7 Å². The fourth-order valence-corrected chi connectivity index (χ4v) is 3.99. The number of ketones is 1. The van der Waals surface area contributed by atoms with Crippen LogP contribution in [0.3, 0.4) is 0 Å². The highest BCUT2D eigenvalue weighted by Crippen LogP contribution is 2.46. The molecule has 0 saturated heterocycles. The van der Waals surface area contributed by atoms with Crippen LogP contribution in [0, 0.1) is 0 Å². The maximum atomic E-state index is 13.2. The molecular weight excluding hydrogens is 338 g/mol. The molecule has 4 heteroatoms. The molecule has 0 aromatic heterocycles. The molecule has 1 heterocycles. The number of methoxy groups -OCH3 is 1. The summed E-state index contributed by atoms with van der Waals surface area (Å²) in [6.07, 6.45) is 0.934. The highest BCUT2D eigenvalue weighted by atomic mass is 16.5. The van der Waals surface area contributed by atoms with Crippen molar-refractivity contribution in [1.29, 1.82) is 0 Å². The first-order valence-electron chi connectivity index (χ1n) is 9.10. The van der Waals surface area contributed by atoms with E-state index in [2.05, 4.69) is 24.4 Å². The molecule has 27 heavy (non-hydrogen) atoms. The van der Waals surface area contributed by atoms with Crippen LogP contribution in [0.25, 0.3) is 5.70 Å². The lowest BCUT2D eigenvalue weighted by atomic mass is 9.79. The third kappa shape index (κ3) is 2.60. The van der Waals surface area contributed by atoms with Gasteiger partial charge in [-0.3, -0.25) is 4.79 Å². The van der Waals surface area contributed by atoms with Gasteiger partial charge in [-0.25, -0.2) is 4.79 Å². The van der Waals surface area contributed by atoms with Crippen LogP contribution in [-0.4, -0.2) is 18.9 Å². The normalized spacial score (nSPS) is 18.2. The molecule has 2 aromatic rings. The van der Waals surface area contributed by atoms with Crippen LogP contribution in [0.4, 0.5) is 0 Å². The summed E-state index contributed by atoms with van der Waals surface area (Å²) in [6, 6.07) is 15.7. The fraction of sp³-hybridized carbons (Fsp3) is 0.217. The van der Waals surface area contributed by atoms with Gasteiger partial charge in [-0.15, -0.1) is 0 Å². The third-order valence-electron chi connectivity index (χ3n) is 5.38. The summed E-state index contributed by atoms with van der Waals surface area (Å²) >= 11 is 0. The van der Waals surface area contributed by atoms with Gasteiger partial charge in [0.25, 0.3) is 0 Å². The number of dihydropyridines is 1. The summed E-state index contributed by atoms with van der Waals surface area (Å²) in [5.74, 6) is -0.897. The van der Waals surface area contributed by atoms with Crippen LogP contribution in [-0.2, 0) is 16.0 Å². The van der Waals surface area contributed by atoms with Crippen molar-refractivity contribution in [3.05, 3.63) is 87.6 Å². The molecule has 0 unspecified atom stereocenters. The number of aryl methyl sites for hydroxylation is 1. The van der Waals surface area contributed by atoms with Gasteiger partial charge in [-0.2, -0.15) is 0 Å². The Morgan fingerprint density at radius 3 is 2.37 bits per heavy atom. The summed E-state index contributed by atoms with van der Waals surface area (Å²) < 4.78 is 5.05. The van der Waals surface area contributed by atoms with Crippen molar-refractivity contribution in [3.8, 4) is 0 Å². The number of fused-ring (bicyclic) bond motifs is 2. The summed E-state index contributed by atoms with van der Waals surface area (Å²) in [6.45, 7) is 3.95. The fourth-order valence-electron chi connectivity index (χ4n) is 3.99. The molecule has 1 aliphatic carbocycles. The van der Waals surface area contributed by atoms with Crippen molar-refractivity contribution in [1.82, 2.24) is 5.32 Å². The molecule has 4 rings (SSSR count). The second kappa shape index (κ2) is 6.54. The summed E-state index contributed by atoms with van der Waals surface area (Å²) in [4.78, 5) is 25.8. The van der Waals surface area contributed by atoms with Crippen molar-refractivity contribution in [2.45, 2.75) is 26.2 Å². The number of rotatable bonds is 3. The van der Waals surface area contributed by atoms with E-state index in [-0.39, 0.29) is 5.78 Å². The molecule has 136 valence electrons. The summed E-state index contributed by atoms with van der Waals surface area (Å²) in [7, 11) is 1.37. The highest BCUT2D eigenvalue weighted by molar-refractivity contribution is 6.23. The van der Waals surface area contributed by atoms with E-state index in [0.29, 0.717) is 16.7 Å². The smallest absolute Gasteiger partial charge is 0.336 e. The van der Waals surface area contributed by atoms with Crippen molar-refractivity contribution in [2.24, 2.45) is 0 Å². The molecule has 0 amide bonds. The zero-order valence-corrected chi connectivity index (χ0v) is 15.6. The topological polar surface area (TPSA) is 55.4 Å². The zero-order valence-electron chi connectivity index (χ0n) is 15.6. The highest BCUT2D eigenvalue weighted by Gasteiger charge is 2.42. The molecule has 1 N–H and O–H groups in total. The largest absolute Gasteiger partial charge is 0.466 e. The summed E-state index contributed by atoms with van der Waals surface area (Å²) in [5, 5.41) is 3.29. The predicted octanol–water partition coefficient (Wildman–Crippen LogP) is 3.99. The van der Waals surface area contributed by atoms with Gasteiger partial charge in [0, 0.05) is 28.3 Å². The maximum absolute atomic E-state index is 13.2. The number of carbonyl (C=O) groups excluding carboxylic acids is 2. The van der Waals surface area contributed by atoms with Crippen molar-refractivity contribution < 1.29 is 14.3 Å². The van der Waals surface area contributed by atoms with Crippen LogP contribution < -0.4 is 5.32 Å². The second-order valence-electron chi connectivity index (χ2n) is 6.85. The number of benzene rings is 2. The number of hydrogen-bond donors (Lipinski definition) is 1. The van der Waals surface area contributed by atoms with E-state index in [4.69, 9.17) is 4.74 Å². The minimum atomic E-state index is -0.445. The van der Waals surface area contributed by atoms with Gasteiger partial charge in [0.15, 0.2) is 5.78 Å². The lowest BCUT2D eigenvalue weighted by Gasteiger charge is -2.29. The third-order valence-corrected chi connectivity index (χ3v) is 5.38. The van der Waals surface area contributed by atoms with Crippen molar-refractivity contribution in [3.63, 3.8) is 0 Å².